The summed E-state index contributed by atoms with van der Waals surface area (Å²) in [6.07, 6.45) is -0.867. The minimum atomic E-state index is -0.867. The standard InChI is InChI=1S/C28H22N2O3/c1-18-9-5-8-14-23(18)25-24-26(33-30(25)21-12-3-2-4-13-21)28(32)29(27(24)31)22-16-15-19-10-6-7-11-20(19)17-22/h2-17,24-26H,1H3/t24-,25-,26+/m1/s1. The number of aryl methyl sites for hydroxylation is 1. The Morgan fingerprint density at radius 2 is 1.39 bits per heavy atom. The number of nitrogens with zero attached hydrogens (tertiary/aromatic N) is 2. The van der Waals surface area contributed by atoms with Crippen LogP contribution in [0.2, 0.25) is 0 Å². The van der Waals surface area contributed by atoms with E-state index >= 15 is 0 Å². The zero-order valence-corrected chi connectivity index (χ0v) is 18.1. The molecule has 33 heavy (non-hydrogen) atoms. The third-order valence-electron chi connectivity index (χ3n) is 6.62. The minimum absolute atomic E-state index is 0.230. The van der Waals surface area contributed by atoms with Gasteiger partial charge in [-0.05, 0) is 53.1 Å². The number of anilines is 2. The van der Waals surface area contributed by atoms with Crippen LogP contribution in [0.3, 0.4) is 0 Å². The summed E-state index contributed by atoms with van der Waals surface area (Å²) < 4.78 is 0. The van der Waals surface area contributed by atoms with Crippen molar-refractivity contribution in [3.05, 3.63) is 108 Å². The molecule has 0 bridgehead atoms. The van der Waals surface area contributed by atoms with E-state index < -0.39 is 18.1 Å². The van der Waals surface area contributed by atoms with Crippen molar-refractivity contribution in [1.29, 1.82) is 0 Å². The maximum atomic E-state index is 13.8. The van der Waals surface area contributed by atoms with Gasteiger partial charge in [0, 0.05) is 0 Å². The summed E-state index contributed by atoms with van der Waals surface area (Å²) in [6, 6.07) is 30.8. The Morgan fingerprint density at radius 1 is 0.697 bits per heavy atom. The van der Waals surface area contributed by atoms with Gasteiger partial charge in [0.15, 0.2) is 6.10 Å². The molecular weight excluding hydrogens is 412 g/mol. The number of carbonyl (C=O) groups is 2. The van der Waals surface area contributed by atoms with Crippen molar-refractivity contribution in [1.82, 2.24) is 0 Å². The number of carbonyl (C=O) groups excluding carboxylic acids is 2. The summed E-state index contributed by atoms with van der Waals surface area (Å²) in [6.45, 7) is 2.02. The van der Waals surface area contributed by atoms with E-state index in [9.17, 15) is 9.59 Å². The number of benzene rings is 4. The first-order valence-electron chi connectivity index (χ1n) is 11.1. The first-order chi connectivity index (χ1) is 16.1. The average molecular weight is 434 g/mol. The highest BCUT2D eigenvalue weighted by molar-refractivity contribution is 6.24. The van der Waals surface area contributed by atoms with Gasteiger partial charge in [0.05, 0.1) is 17.4 Å². The second kappa shape index (κ2) is 7.57. The summed E-state index contributed by atoms with van der Waals surface area (Å²) >= 11 is 0. The van der Waals surface area contributed by atoms with Gasteiger partial charge < -0.3 is 0 Å². The molecule has 0 spiro atoms. The molecule has 0 unspecified atom stereocenters. The topological polar surface area (TPSA) is 49.9 Å². The molecule has 5 nitrogen and oxygen atoms in total. The average Bonchev–Trinajstić information content (AvgIpc) is 3.35. The van der Waals surface area contributed by atoms with Crippen molar-refractivity contribution in [2.45, 2.75) is 19.1 Å². The van der Waals surface area contributed by atoms with Crippen LogP contribution < -0.4 is 9.96 Å². The maximum Gasteiger partial charge on any atom is 0.266 e. The lowest BCUT2D eigenvalue weighted by Crippen LogP contribution is -2.37. The van der Waals surface area contributed by atoms with Crippen LogP contribution in [0.1, 0.15) is 17.2 Å². The summed E-state index contributed by atoms with van der Waals surface area (Å²) in [5, 5.41) is 3.78. The monoisotopic (exact) mass is 434 g/mol. The molecule has 2 amide bonds. The van der Waals surface area contributed by atoms with E-state index in [2.05, 4.69) is 0 Å². The first-order valence-corrected chi connectivity index (χ1v) is 11.1. The molecule has 162 valence electrons. The quantitative estimate of drug-likeness (QED) is 0.416. The second-order valence-corrected chi connectivity index (χ2v) is 8.56. The molecule has 4 aromatic carbocycles. The number of rotatable bonds is 3. The van der Waals surface area contributed by atoms with Crippen molar-refractivity contribution in [2.75, 3.05) is 9.96 Å². The van der Waals surface area contributed by atoms with Crippen LogP contribution in [0.25, 0.3) is 10.8 Å². The SMILES string of the molecule is Cc1ccccc1[C@@H]1[C@H]2C(=O)N(c3ccc4ccccc4c3)C(=O)[C@H]2ON1c1ccccc1. The van der Waals surface area contributed by atoms with E-state index in [4.69, 9.17) is 4.84 Å². The van der Waals surface area contributed by atoms with Gasteiger partial charge in [-0.25, -0.2) is 9.96 Å². The van der Waals surface area contributed by atoms with E-state index in [1.54, 1.807) is 5.06 Å². The summed E-state index contributed by atoms with van der Waals surface area (Å²) in [5.74, 6) is -1.19. The number of para-hydroxylation sites is 1. The van der Waals surface area contributed by atoms with Gasteiger partial charge in [0.25, 0.3) is 5.91 Å². The maximum absolute atomic E-state index is 13.8. The van der Waals surface area contributed by atoms with Gasteiger partial charge in [0.1, 0.15) is 5.92 Å². The van der Waals surface area contributed by atoms with Crippen LogP contribution >= 0.6 is 0 Å². The Balaban J connectivity index is 1.45. The highest BCUT2D eigenvalue weighted by Crippen LogP contribution is 2.48. The lowest BCUT2D eigenvalue weighted by atomic mass is 9.88. The molecule has 2 fully saturated rings. The third-order valence-corrected chi connectivity index (χ3v) is 6.62. The molecule has 2 aliphatic heterocycles. The van der Waals surface area contributed by atoms with Crippen molar-refractivity contribution < 1.29 is 14.4 Å². The molecule has 2 aliphatic rings. The van der Waals surface area contributed by atoms with Crippen LogP contribution in [0, 0.1) is 12.8 Å². The fourth-order valence-corrected chi connectivity index (χ4v) is 5.02. The highest BCUT2D eigenvalue weighted by atomic mass is 16.7. The van der Waals surface area contributed by atoms with E-state index in [1.807, 2.05) is 104 Å². The Morgan fingerprint density at radius 3 is 2.18 bits per heavy atom. The Bertz CT molecular complexity index is 1380. The first kappa shape index (κ1) is 19.7. The number of amides is 2. The Kier molecular flexibility index (Phi) is 4.52. The second-order valence-electron chi connectivity index (χ2n) is 8.56. The summed E-state index contributed by atoms with van der Waals surface area (Å²) in [4.78, 5) is 34.9. The van der Waals surface area contributed by atoms with Crippen molar-refractivity contribution in [2.24, 2.45) is 5.92 Å². The molecule has 6 rings (SSSR count). The van der Waals surface area contributed by atoms with Gasteiger partial charge in [-0.1, -0.05) is 72.8 Å². The fourth-order valence-electron chi connectivity index (χ4n) is 5.02. The normalized spacial score (nSPS) is 22.3. The lowest BCUT2D eigenvalue weighted by molar-refractivity contribution is -0.126. The largest absolute Gasteiger partial charge is 0.273 e. The Labute approximate surface area is 191 Å². The number of hydrogen-bond donors (Lipinski definition) is 0. The molecule has 0 radical (unpaired) electrons. The van der Waals surface area contributed by atoms with Crippen LogP contribution in [0.5, 0.6) is 0 Å². The number of fused-ring (bicyclic) bond motifs is 2. The number of hydroxylamine groups is 1. The molecule has 2 saturated heterocycles. The predicted octanol–water partition coefficient (Wildman–Crippen LogP) is 5.20. The molecule has 0 saturated carbocycles. The minimum Gasteiger partial charge on any atom is -0.273 e. The van der Waals surface area contributed by atoms with Gasteiger partial charge in [0.2, 0.25) is 5.91 Å². The van der Waals surface area contributed by atoms with Crippen molar-refractivity contribution in [3.63, 3.8) is 0 Å². The third kappa shape index (κ3) is 3.04. The molecule has 4 aromatic rings. The lowest BCUT2D eigenvalue weighted by Gasteiger charge is -2.29. The molecular formula is C28H22N2O3. The zero-order chi connectivity index (χ0) is 22.5. The molecule has 0 aliphatic carbocycles. The molecule has 3 atom stereocenters. The van der Waals surface area contributed by atoms with Crippen LogP contribution in [-0.4, -0.2) is 17.9 Å². The summed E-state index contributed by atoms with van der Waals surface area (Å²) in [5.41, 5.74) is 3.43. The molecule has 2 heterocycles. The van der Waals surface area contributed by atoms with Crippen LogP contribution in [-0.2, 0) is 14.4 Å². The van der Waals surface area contributed by atoms with E-state index in [1.165, 1.54) is 4.90 Å². The van der Waals surface area contributed by atoms with E-state index in [-0.39, 0.29) is 11.8 Å². The van der Waals surface area contributed by atoms with Crippen LogP contribution in [0.15, 0.2) is 97.1 Å². The van der Waals surface area contributed by atoms with Gasteiger partial charge >= 0.3 is 0 Å². The smallest absolute Gasteiger partial charge is 0.266 e. The molecule has 0 aromatic heterocycles. The van der Waals surface area contributed by atoms with Gasteiger partial charge in [-0.3, -0.25) is 14.4 Å². The van der Waals surface area contributed by atoms with Crippen molar-refractivity contribution >= 4 is 34.0 Å². The van der Waals surface area contributed by atoms with E-state index in [0.29, 0.717) is 5.69 Å². The number of imide groups is 1. The zero-order valence-electron chi connectivity index (χ0n) is 18.1. The van der Waals surface area contributed by atoms with Gasteiger partial charge in [-0.2, -0.15) is 0 Å². The predicted molar refractivity (Wildman–Crippen MR) is 128 cm³/mol. The highest BCUT2D eigenvalue weighted by Gasteiger charge is 2.60. The molecule has 0 N–H and O–H groups in total. The van der Waals surface area contributed by atoms with Crippen LogP contribution in [0.4, 0.5) is 11.4 Å². The van der Waals surface area contributed by atoms with E-state index in [0.717, 1.165) is 27.6 Å². The molecule has 5 heteroatoms. The fraction of sp³-hybridized carbons (Fsp3) is 0.143. The number of hydrogen-bond acceptors (Lipinski definition) is 4. The van der Waals surface area contributed by atoms with Gasteiger partial charge in [-0.15, -0.1) is 0 Å². The van der Waals surface area contributed by atoms with Crippen molar-refractivity contribution in [3.8, 4) is 0 Å². The Hall–Kier alpha value is -3.96. The summed E-state index contributed by atoms with van der Waals surface area (Å²) in [7, 11) is 0.